The van der Waals surface area contributed by atoms with Crippen molar-refractivity contribution in [1.29, 1.82) is 0 Å². The molecule has 1 unspecified atom stereocenters. The molecule has 0 saturated carbocycles. The van der Waals surface area contributed by atoms with E-state index in [-0.39, 0.29) is 5.92 Å². The summed E-state index contributed by atoms with van der Waals surface area (Å²) >= 11 is 0. The highest BCUT2D eigenvalue weighted by molar-refractivity contribution is 5.33. The number of halogens is 3. The Balaban J connectivity index is 1.69. The Morgan fingerprint density at radius 1 is 0.613 bits per heavy atom. The first-order chi connectivity index (χ1) is 14.6. The molecule has 2 atom stereocenters. The molecule has 0 aliphatic heterocycles. The summed E-state index contributed by atoms with van der Waals surface area (Å²) in [6.45, 7) is 8.74. The monoisotopic (exact) mass is 424 g/mol. The third-order valence-electron chi connectivity index (χ3n) is 6.03. The molecule has 0 aliphatic rings. The summed E-state index contributed by atoms with van der Waals surface area (Å²) in [6, 6.07) is 23.0. The molecule has 0 saturated heterocycles. The van der Waals surface area contributed by atoms with Crippen LogP contribution in [0.2, 0.25) is 0 Å². The number of alkyl halides is 3. The van der Waals surface area contributed by atoms with Crippen LogP contribution in [0.1, 0.15) is 78.8 Å². The van der Waals surface area contributed by atoms with Crippen LogP contribution in [-0.2, 0) is 19.0 Å². The Kier molecular flexibility index (Phi) is 7.25. The summed E-state index contributed by atoms with van der Waals surface area (Å²) < 4.78 is 38.4. The van der Waals surface area contributed by atoms with Crippen molar-refractivity contribution >= 4 is 0 Å². The average Bonchev–Trinajstić information content (AvgIpc) is 2.73. The molecule has 3 aromatic carbocycles. The van der Waals surface area contributed by atoms with Crippen LogP contribution in [0, 0.1) is 0 Å². The molecular formula is C28H31F3. The van der Waals surface area contributed by atoms with Crippen LogP contribution >= 0.6 is 0 Å². The van der Waals surface area contributed by atoms with Gasteiger partial charge in [0, 0.05) is 0 Å². The lowest BCUT2D eigenvalue weighted by Crippen LogP contribution is -2.06. The van der Waals surface area contributed by atoms with Gasteiger partial charge >= 0.3 is 6.18 Å². The molecule has 0 amide bonds. The minimum absolute atomic E-state index is 0.149. The molecule has 0 aliphatic carbocycles. The van der Waals surface area contributed by atoms with Gasteiger partial charge in [-0.05, 0) is 70.5 Å². The normalized spacial score (nSPS) is 13.9. The summed E-state index contributed by atoms with van der Waals surface area (Å²) in [6.07, 6.45) is -2.51. The van der Waals surface area contributed by atoms with Crippen LogP contribution in [0.3, 0.4) is 0 Å². The molecular weight excluding hydrogens is 393 g/mol. The van der Waals surface area contributed by atoms with E-state index >= 15 is 0 Å². The largest absolute Gasteiger partial charge is 0.416 e. The highest BCUT2D eigenvalue weighted by Crippen LogP contribution is 2.31. The Morgan fingerprint density at radius 2 is 1.10 bits per heavy atom. The zero-order valence-corrected chi connectivity index (χ0v) is 18.7. The summed E-state index contributed by atoms with van der Waals surface area (Å²) in [5.41, 5.74) is 5.56. The van der Waals surface area contributed by atoms with Gasteiger partial charge in [0.25, 0.3) is 0 Å². The molecule has 3 rings (SSSR count). The van der Waals surface area contributed by atoms with Gasteiger partial charge in [-0.1, -0.05) is 88.4 Å². The predicted molar refractivity (Wildman–Crippen MR) is 123 cm³/mol. The van der Waals surface area contributed by atoms with E-state index in [1.54, 1.807) is 12.1 Å². The maximum absolute atomic E-state index is 12.8. The van der Waals surface area contributed by atoms with Crippen LogP contribution in [0.15, 0.2) is 72.8 Å². The van der Waals surface area contributed by atoms with Crippen LogP contribution in [0.5, 0.6) is 0 Å². The maximum Gasteiger partial charge on any atom is 0.416 e. The van der Waals surface area contributed by atoms with E-state index in [0.717, 1.165) is 18.4 Å². The number of benzene rings is 3. The zero-order chi connectivity index (χ0) is 22.6. The number of hydrogen-bond donors (Lipinski definition) is 0. The first kappa shape index (κ1) is 23.1. The van der Waals surface area contributed by atoms with E-state index in [4.69, 9.17) is 0 Å². The second-order valence-electron chi connectivity index (χ2n) is 8.97. The first-order valence-electron chi connectivity index (χ1n) is 11.0. The van der Waals surface area contributed by atoms with Crippen LogP contribution < -0.4 is 0 Å². The van der Waals surface area contributed by atoms with E-state index in [9.17, 15) is 13.2 Å². The topological polar surface area (TPSA) is 0 Å². The van der Waals surface area contributed by atoms with Gasteiger partial charge in [0.15, 0.2) is 0 Å². The molecule has 0 heterocycles. The van der Waals surface area contributed by atoms with Gasteiger partial charge in [0.2, 0.25) is 0 Å². The van der Waals surface area contributed by atoms with Gasteiger partial charge in [-0.25, -0.2) is 0 Å². The van der Waals surface area contributed by atoms with Crippen LogP contribution in [0.25, 0.3) is 0 Å². The average molecular weight is 425 g/mol. The molecule has 164 valence electrons. The zero-order valence-electron chi connectivity index (χ0n) is 18.7. The van der Waals surface area contributed by atoms with Gasteiger partial charge in [-0.3, -0.25) is 0 Å². The molecule has 0 fully saturated rings. The van der Waals surface area contributed by atoms with E-state index in [2.05, 4.69) is 76.2 Å². The third kappa shape index (κ3) is 6.22. The summed E-state index contributed by atoms with van der Waals surface area (Å²) in [7, 11) is 0. The lowest BCUT2D eigenvalue weighted by molar-refractivity contribution is -0.137. The smallest absolute Gasteiger partial charge is 0.166 e. The Morgan fingerprint density at radius 3 is 1.61 bits per heavy atom. The number of hydrogen-bond acceptors (Lipinski definition) is 0. The van der Waals surface area contributed by atoms with E-state index in [1.165, 1.54) is 34.4 Å². The van der Waals surface area contributed by atoms with Crippen molar-refractivity contribution in [2.75, 3.05) is 0 Å². The minimum atomic E-state index is -4.29. The summed E-state index contributed by atoms with van der Waals surface area (Å²) in [5, 5.41) is 0. The van der Waals surface area contributed by atoms with Crippen molar-refractivity contribution in [2.24, 2.45) is 0 Å². The SMILES string of the molecule is CC(C)c1cccc(C[C@H](C)c2cccc(CC(C)c3ccc(C(F)(F)F)cc3)c2)c1. The van der Waals surface area contributed by atoms with Gasteiger partial charge in [0.05, 0.1) is 5.56 Å². The number of rotatable bonds is 7. The summed E-state index contributed by atoms with van der Waals surface area (Å²) in [4.78, 5) is 0. The van der Waals surface area contributed by atoms with Crippen molar-refractivity contribution in [1.82, 2.24) is 0 Å². The molecule has 0 aromatic heterocycles. The molecule has 0 bridgehead atoms. The molecule has 0 spiro atoms. The predicted octanol–water partition coefficient (Wildman–Crippen LogP) is 8.52. The molecule has 0 radical (unpaired) electrons. The molecule has 3 heteroatoms. The quantitative estimate of drug-likeness (QED) is 0.356. The second-order valence-corrected chi connectivity index (χ2v) is 8.97. The van der Waals surface area contributed by atoms with E-state index in [1.807, 2.05) is 0 Å². The Hall–Kier alpha value is -2.55. The van der Waals surface area contributed by atoms with Gasteiger partial charge in [-0.15, -0.1) is 0 Å². The second kappa shape index (κ2) is 9.72. The van der Waals surface area contributed by atoms with Crippen molar-refractivity contribution in [3.8, 4) is 0 Å². The van der Waals surface area contributed by atoms with Crippen molar-refractivity contribution in [3.63, 3.8) is 0 Å². The van der Waals surface area contributed by atoms with E-state index < -0.39 is 11.7 Å². The fraction of sp³-hybridized carbons (Fsp3) is 0.357. The van der Waals surface area contributed by atoms with Crippen molar-refractivity contribution in [2.45, 2.75) is 64.5 Å². The highest BCUT2D eigenvalue weighted by atomic mass is 19.4. The molecule has 0 N–H and O–H groups in total. The van der Waals surface area contributed by atoms with Crippen molar-refractivity contribution < 1.29 is 13.2 Å². The molecule has 3 aromatic rings. The lowest BCUT2D eigenvalue weighted by atomic mass is 9.88. The van der Waals surface area contributed by atoms with E-state index in [0.29, 0.717) is 11.8 Å². The van der Waals surface area contributed by atoms with Crippen LogP contribution in [-0.4, -0.2) is 0 Å². The van der Waals surface area contributed by atoms with Crippen molar-refractivity contribution in [3.05, 3.63) is 106 Å². The van der Waals surface area contributed by atoms with Gasteiger partial charge in [-0.2, -0.15) is 13.2 Å². The molecule has 31 heavy (non-hydrogen) atoms. The Bertz CT molecular complexity index is 984. The fourth-order valence-electron chi connectivity index (χ4n) is 4.05. The van der Waals surface area contributed by atoms with Crippen LogP contribution in [0.4, 0.5) is 13.2 Å². The fourth-order valence-corrected chi connectivity index (χ4v) is 4.05. The Labute approximate surface area is 184 Å². The third-order valence-corrected chi connectivity index (χ3v) is 6.03. The maximum atomic E-state index is 12.8. The summed E-state index contributed by atoms with van der Waals surface area (Å²) in [5.74, 6) is 1.06. The van der Waals surface area contributed by atoms with Gasteiger partial charge in [0.1, 0.15) is 0 Å². The van der Waals surface area contributed by atoms with Gasteiger partial charge < -0.3 is 0 Å². The standard InChI is InChI=1S/C28H31F3/c1-19(2)25-9-5-7-22(17-25)16-21(4)26-10-6-8-23(18-26)15-20(3)24-11-13-27(14-12-24)28(29,30)31/h5-14,17-21H,15-16H2,1-4H3/t20?,21-/m0/s1. The first-order valence-corrected chi connectivity index (χ1v) is 11.0. The molecule has 0 nitrogen and oxygen atoms in total. The lowest BCUT2D eigenvalue weighted by Gasteiger charge is -2.17. The minimum Gasteiger partial charge on any atom is -0.166 e. The highest BCUT2D eigenvalue weighted by Gasteiger charge is 2.30.